The van der Waals surface area contributed by atoms with E-state index in [1.54, 1.807) is 4.57 Å². The summed E-state index contributed by atoms with van der Waals surface area (Å²) in [5.41, 5.74) is 0.00630. The molecule has 1 fully saturated rings. The maximum Gasteiger partial charge on any atom is 0.356 e. The van der Waals surface area contributed by atoms with E-state index in [1.165, 1.54) is 25.4 Å². The predicted octanol–water partition coefficient (Wildman–Crippen LogP) is 0.679. The number of hydrogen-bond donors (Lipinski definition) is 3. The molecule has 1 aliphatic carbocycles. The lowest BCUT2D eigenvalue weighted by Gasteiger charge is -2.13. The van der Waals surface area contributed by atoms with Crippen molar-refractivity contribution in [1.82, 2.24) is 20.2 Å². The van der Waals surface area contributed by atoms with Crippen molar-refractivity contribution >= 4 is 12.0 Å². The van der Waals surface area contributed by atoms with Gasteiger partial charge in [0.25, 0.3) is 0 Å². The van der Waals surface area contributed by atoms with Gasteiger partial charge in [-0.05, 0) is 25.7 Å². The molecule has 0 bridgehead atoms. The zero-order valence-corrected chi connectivity index (χ0v) is 10.8. The second-order valence-electron chi connectivity index (χ2n) is 4.83. The SMILES string of the molecule is CC(NC(=O)NCCn1cnc(C(=O)O)c1)C1CC1. The Hall–Kier alpha value is -2.05. The van der Waals surface area contributed by atoms with Crippen LogP contribution >= 0.6 is 0 Å². The molecule has 1 atom stereocenters. The zero-order chi connectivity index (χ0) is 13.8. The third-order valence-corrected chi connectivity index (χ3v) is 3.20. The van der Waals surface area contributed by atoms with E-state index in [4.69, 9.17) is 5.11 Å². The zero-order valence-electron chi connectivity index (χ0n) is 10.8. The number of carboxylic acids is 1. The molecule has 3 N–H and O–H groups in total. The number of amides is 2. The largest absolute Gasteiger partial charge is 0.476 e. The normalized spacial score (nSPS) is 15.8. The Morgan fingerprint density at radius 2 is 2.32 bits per heavy atom. The smallest absolute Gasteiger partial charge is 0.356 e. The lowest BCUT2D eigenvalue weighted by atomic mass is 10.2. The van der Waals surface area contributed by atoms with Gasteiger partial charge in [-0.15, -0.1) is 0 Å². The van der Waals surface area contributed by atoms with Crippen LogP contribution < -0.4 is 10.6 Å². The highest BCUT2D eigenvalue weighted by Gasteiger charge is 2.28. The van der Waals surface area contributed by atoms with Gasteiger partial charge in [0.05, 0.1) is 6.33 Å². The third kappa shape index (κ3) is 3.97. The standard InChI is InChI=1S/C12H18N4O3/c1-8(9-2-3-9)15-12(19)13-4-5-16-6-10(11(17)18)14-7-16/h6-9H,2-5H2,1H3,(H,17,18)(H2,13,15,19). The highest BCUT2D eigenvalue weighted by Crippen LogP contribution is 2.32. The van der Waals surface area contributed by atoms with Crippen molar-refractivity contribution in [2.45, 2.75) is 32.4 Å². The average molecular weight is 266 g/mol. The van der Waals surface area contributed by atoms with Crippen molar-refractivity contribution in [1.29, 1.82) is 0 Å². The molecule has 104 valence electrons. The van der Waals surface area contributed by atoms with Crippen molar-refractivity contribution in [2.75, 3.05) is 6.54 Å². The van der Waals surface area contributed by atoms with Gasteiger partial charge in [0.15, 0.2) is 5.69 Å². The highest BCUT2D eigenvalue weighted by atomic mass is 16.4. The molecule has 0 spiro atoms. The van der Waals surface area contributed by atoms with Crippen LogP contribution in [-0.2, 0) is 6.54 Å². The Labute approximate surface area is 111 Å². The fourth-order valence-corrected chi connectivity index (χ4v) is 1.86. The minimum absolute atomic E-state index is 0.00630. The van der Waals surface area contributed by atoms with Crippen molar-refractivity contribution in [2.24, 2.45) is 5.92 Å². The molecular weight excluding hydrogens is 248 g/mol. The number of aromatic carboxylic acids is 1. The molecule has 1 aromatic rings. The van der Waals surface area contributed by atoms with Gasteiger partial charge in [0.2, 0.25) is 0 Å². The van der Waals surface area contributed by atoms with Crippen LogP contribution in [0.2, 0.25) is 0 Å². The topological polar surface area (TPSA) is 96.3 Å². The summed E-state index contributed by atoms with van der Waals surface area (Å²) in [6.45, 7) is 2.93. The van der Waals surface area contributed by atoms with Crippen LogP contribution in [0.5, 0.6) is 0 Å². The molecule has 1 unspecified atom stereocenters. The maximum atomic E-state index is 11.5. The van der Waals surface area contributed by atoms with Crippen molar-refractivity contribution in [3.63, 3.8) is 0 Å². The van der Waals surface area contributed by atoms with Crippen LogP contribution in [0.1, 0.15) is 30.3 Å². The van der Waals surface area contributed by atoms with Crippen LogP contribution in [0.25, 0.3) is 0 Å². The second kappa shape index (κ2) is 5.73. The molecule has 0 saturated heterocycles. The molecule has 7 nitrogen and oxygen atoms in total. The number of rotatable bonds is 6. The van der Waals surface area contributed by atoms with Crippen LogP contribution in [0.15, 0.2) is 12.5 Å². The number of urea groups is 1. The van der Waals surface area contributed by atoms with Crippen LogP contribution in [-0.4, -0.2) is 39.2 Å². The Morgan fingerprint density at radius 1 is 1.58 bits per heavy atom. The van der Waals surface area contributed by atoms with Gasteiger partial charge in [-0.1, -0.05) is 0 Å². The van der Waals surface area contributed by atoms with Crippen molar-refractivity contribution < 1.29 is 14.7 Å². The first-order valence-electron chi connectivity index (χ1n) is 6.35. The molecule has 1 saturated carbocycles. The Morgan fingerprint density at radius 3 is 2.89 bits per heavy atom. The number of nitrogens with zero attached hydrogens (tertiary/aromatic N) is 2. The molecule has 2 rings (SSSR count). The van der Waals surface area contributed by atoms with Gasteiger partial charge in [-0.25, -0.2) is 14.6 Å². The summed E-state index contributed by atoms with van der Waals surface area (Å²) in [6.07, 6.45) is 5.26. The average Bonchev–Trinajstić information content (AvgIpc) is 3.09. The number of carbonyl (C=O) groups is 2. The van der Waals surface area contributed by atoms with E-state index in [9.17, 15) is 9.59 Å². The highest BCUT2D eigenvalue weighted by molar-refractivity contribution is 5.84. The summed E-state index contributed by atoms with van der Waals surface area (Å²) in [7, 11) is 0. The van der Waals surface area contributed by atoms with Crippen molar-refractivity contribution in [3.8, 4) is 0 Å². The predicted molar refractivity (Wildman–Crippen MR) is 67.9 cm³/mol. The van der Waals surface area contributed by atoms with E-state index in [1.807, 2.05) is 6.92 Å². The molecule has 1 aromatic heterocycles. The quantitative estimate of drug-likeness (QED) is 0.705. The number of carbonyl (C=O) groups excluding carboxylic acids is 1. The number of hydrogen-bond acceptors (Lipinski definition) is 3. The second-order valence-corrected chi connectivity index (χ2v) is 4.83. The van der Waals surface area contributed by atoms with Gasteiger partial charge in [-0.2, -0.15) is 0 Å². The van der Waals surface area contributed by atoms with Crippen LogP contribution in [0.3, 0.4) is 0 Å². The summed E-state index contributed by atoms with van der Waals surface area (Å²) in [5.74, 6) is -0.430. The Balaban J connectivity index is 1.67. The molecule has 2 amide bonds. The lowest BCUT2D eigenvalue weighted by Crippen LogP contribution is -2.42. The van der Waals surface area contributed by atoms with Gasteiger partial charge in [-0.3, -0.25) is 0 Å². The monoisotopic (exact) mass is 266 g/mol. The van der Waals surface area contributed by atoms with Crippen LogP contribution in [0.4, 0.5) is 4.79 Å². The third-order valence-electron chi connectivity index (χ3n) is 3.20. The van der Waals surface area contributed by atoms with E-state index in [2.05, 4.69) is 15.6 Å². The Bertz CT molecular complexity index is 467. The van der Waals surface area contributed by atoms with E-state index >= 15 is 0 Å². The van der Waals surface area contributed by atoms with Crippen molar-refractivity contribution in [3.05, 3.63) is 18.2 Å². The number of aromatic nitrogens is 2. The molecule has 1 heterocycles. The molecule has 19 heavy (non-hydrogen) atoms. The van der Waals surface area contributed by atoms with E-state index in [-0.39, 0.29) is 17.8 Å². The number of carboxylic acid groups (broad SMARTS) is 1. The first-order valence-corrected chi connectivity index (χ1v) is 6.35. The first kappa shape index (κ1) is 13.4. The minimum atomic E-state index is -1.05. The summed E-state index contributed by atoms with van der Waals surface area (Å²) < 4.78 is 1.63. The van der Waals surface area contributed by atoms with Gasteiger partial charge in [0, 0.05) is 25.3 Å². The first-order chi connectivity index (χ1) is 9.06. The lowest BCUT2D eigenvalue weighted by molar-refractivity contribution is 0.0691. The number of imidazole rings is 1. The summed E-state index contributed by atoms with van der Waals surface area (Å²) in [5, 5.41) is 14.3. The van der Waals surface area contributed by atoms with Gasteiger partial charge >= 0.3 is 12.0 Å². The van der Waals surface area contributed by atoms with Gasteiger partial charge in [0.1, 0.15) is 0 Å². The minimum Gasteiger partial charge on any atom is -0.476 e. The fourth-order valence-electron chi connectivity index (χ4n) is 1.86. The summed E-state index contributed by atoms with van der Waals surface area (Å²) in [4.78, 5) is 25.9. The van der Waals surface area contributed by atoms with E-state index in [0.29, 0.717) is 19.0 Å². The molecule has 7 heteroatoms. The molecule has 0 aliphatic heterocycles. The van der Waals surface area contributed by atoms with Gasteiger partial charge < -0.3 is 20.3 Å². The fraction of sp³-hybridized carbons (Fsp3) is 0.583. The summed E-state index contributed by atoms with van der Waals surface area (Å²) in [6, 6.07) is 0.0323. The maximum absolute atomic E-state index is 11.5. The molecule has 0 aromatic carbocycles. The van der Waals surface area contributed by atoms with E-state index < -0.39 is 5.97 Å². The molecule has 1 aliphatic rings. The molecule has 0 radical (unpaired) electrons. The van der Waals surface area contributed by atoms with Crippen LogP contribution in [0, 0.1) is 5.92 Å². The Kier molecular flexibility index (Phi) is 4.03. The number of nitrogens with one attached hydrogen (secondary N) is 2. The molecular formula is C12H18N4O3. The summed E-state index contributed by atoms with van der Waals surface area (Å²) >= 11 is 0. The van der Waals surface area contributed by atoms with E-state index in [0.717, 1.165) is 0 Å².